The monoisotopic (exact) mass is 608 g/mol. The molecule has 2 atom stereocenters. The second-order valence-corrected chi connectivity index (χ2v) is 12.5. The number of hydrogen-bond donors (Lipinski definition) is 0. The third-order valence-corrected chi connectivity index (χ3v) is 8.43. The Morgan fingerprint density at radius 3 is 1.74 bits per heavy atom. The summed E-state index contributed by atoms with van der Waals surface area (Å²) in [6.45, 7) is 2.54. The highest BCUT2D eigenvalue weighted by molar-refractivity contribution is 7.45. The van der Waals surface area contributed by atoms with E-state index in [-0.39, 0.29) is 13.2 Å². The lowest BCUT2D eigenvalue weighted by Crippen LogP contribution is -2.45. The van der Waals surface area contributed by atoms with Crippen LogP contribution in [-0.2, 0) is 34.5 Å². The standard InChI is InChI=1S/C32H53N2O7P/c1-2-3-4-5-6-7-8-9-10-11-12-13-14-15-16-20-26-39-28-30(34-31(35)21-22-32(34)36)29-41-42(37,38)40-27-25-33-23-18-17-19-24-33/h17-19,21-24,30H,2-16,20,25-29H2,1H3. The molecule has 0 saturated carbocycles. The molecule has 0 N–H and O–H groups in total. The number of unbranched alkanes of at least 4 members (excludes halogenated alkanes) is 15. The van der Waals surface area contributed by atoms with Crippen LogP contribution in [0.2, 0.25) is 0 Å². The Kier molecular flexibility index (Phi) is 19.5. The number of aromatic nitrogens is 1. The van der Waals surface area contributed by atoms with Crippen LogP contribution in [-0.4, -0.2) is 49.2 Å². The minimum atomic E-state index is -4.63. The number of hydrogen-bond acceptors (Lipinski definition) is 7. The number of phosphoric acid groups is 1. The summed E-state index contributed by atoms with van der Waals surface area (Å²) in [6, 6.07) is 4.65. The number of pyridine rings is 1. The van der Waals surface area contributed by atoms with Gasteiger partial charge in [-0.25, -0.2) is 4.57 Å². The number of imide groups is 1. The number of amides is 2. The van der Waals surface area contributed by atoms with Crippen molar-refractivity contribution >= 4 is 19.6 Å². The largest absolute Gasteiger partial charge is 0.756 e. The molecule has 0 aliphatic carbocycles. The zero-order valence-corrected chi connectivity index (χ0v) is 26.6. The molecule has 1 aliphatic heterocycles. The molecule has 2 heterocycles. The van der Waals surface area contributed by atoms with E-state index >= 15 is 0 Å². The smallest absolute Gasteiger partial charge is 0.268 e. The van der Waals surface area contributed by atoms with Gasteiger partial charge < -0.3 is 18.7 Å². The lowest BCUT2D eigenvalue weighted by Gasteiger charge is -2.29. The van der Waals surface area contributed by atoms with Gasteiger partial charge in [0, 0.05) is 30.9 Å². The molecule has 2 rings (SSSR count). The van der Waals surface area contributed by atoms with Gasteiger partial charge in [-0.2, -0.15) is 0 Å². The quantitative estimate of drug-likeness (QED) is 0.0518. The van der Waals surface area contributed by atoms with Crippen LogP contribution >= 0.6 is 7.82 Å². The summed E-state index contributed by atoms with van der Waals surface area (Å²) < 4.78 is 29.8. The van der Waals surface area contributed by atoms with Crippen LogP contribution in [0.25, 0.3) is 0 Å². The van der Waals surface area contributed by atoms with Crippen molar-refractivity contribution < 1.29 is 37.4 Å². The molecule has 2 unspecified atom stereocenters. The number of ether oxygens (including phenoxy) is 1. The van der Waals surface area contributed by atoms with Gasteiger partial charge in [-0.05, 0) is 6.42 Å². The fourth-order valence-corrected chi connectivity index (χ4v) is 5.73. The normalized spacial score (nSPS) is 15.4. The summed E-state index contributed by atoms with van der Waals surface area (Å²) in [7, 11) is -4.63. The van der Waals surface area contributed by atoms with Crippen LogP contribution in [0.15, 0.2) is 42.7 Å². The number of carbonyl (C=O) groups excluding carboxylic acids is 2. The van der Waals surface area contributed by atoms with Gasteiger partial charge in [-0.15, -0.1) is 0 Å². The highest BCUT2D eigenvalue weighted by atomic mass is 31.2. The number of nitrogens with zero attached hydrogens (tertiary/aromatic N) is 2. The van der Waals surface area contributed by atoms with Gasteiger partial charge in [0.15, 0.2) is 18.9 Å². The molecule has 1 aromatic rings. The molecular weight excluding hydrogens is 555 g/mol. The fourth-order valence-electron chi connectivity index (χ4n) is 5.00. The Labute approximate surface area is 253 Å². The summed E-state index contributed by atoms with van der Waals surface area (Å²) in [6.07, 6.45) is 26.5. The van der Waals surface area contributed by atoms with Crippen molar-refractivity contribution in [2.45, 2.75) is 122 Å². The fraction of sp³-hybridized carbons (Fsp3) is 0.719. The topological polar surface area (TPSA) is 109 Å². The molecule has 1 aromatic heterocycles. The Bertz CT molecular complexity index is 926. The molecule has 238 valence electrons. The van der Waals surface area contributed by atoms with Gasteiger partial charge >= 0.3 is 0 Å². The first-order valence-corrected chi connectivity index (χ1v) is 17.6. The van der Waals surface area contributed by atoms with Gasteiger partial charge in [0.05, 0.1) is 19.3 Å². The molecule has 42 heavy (non-hydrogen) atoms. The molecular formula is C32H53N2O7P. The van der Waals surface area contributed by atoms with E-state index < -0.39 is 32.3 Å². The van der Waals surface area contributed by atoms with E-state index in [9.17, 15) is 19.0 Å². The van der Waals surface area contributed by atoms with Crippen LogP contribution in [0.1, 0.15) is 110 Å². The first-order valence-electron chi connectivity index (χ1n) is 16.1. The van der Waals surface area contributed by atoms with Gasteiger partial charge in [0.2, 0.25) is 0 Å². The zero-order chi connectivity index (χ0) is 30.3. The zero-order valence-electron chi connectivity index (χ0n) is 25.7. The molecule has 1 aliphatic rings. The summed E-state index contributed by atoms with van der Waals surface area (Å²) >= 11 is 0. The Hall–Kier alpha value is -1.90. The number of rotatable bonds is 27. The van der Waals surface area contributed by atoms with E-state index in [1.54, 1.807) is 17.0 Å². The van der Waals surface area contributed by atoms with Crippen molar-refractivity contribution in [3.05, 3.63) is 42.7 Å². The van der Waals surface area contributed by atoms with Gasteiger partial charge in [-0.3, -0.25) is 19.1 Å². The SMILES string of the molecule is CCCCCCCCCCCCCCCCCCOCC(COP(=O)([O-])OCC[n+]1ccccc1)N1C(=O)C=CC1=O. The van der Waals surface area contributed by atoms with Crippen LogP contribution in [0.4, 0.5) is 0 Å². The predicted molar refractivity (Wildman–Crippen MR) is 161 cm³/mol. The molecule has 0 fully saturated rings. The minimum Gasteiger partial charge on any atom is -0.756 e. The summed E-state index contributed by atoms with van der Waals surface area (Å²) in [4.78, 5) is 37.6. The number of carbonyl (C=O) groups is 2. The van der Waals surface area contributed by atoms with Gasteiger partial charge in [0.1, 0.15) is 6.61 Å². The summed E-state index contributed by atoms with van der Waals surface area (Å²) in [5.41, 5.74) is 0. The lowest BCUT2D eigenvalue weighted by molar-refractivity contribution is -0.697. The third-order valence-electron chi connectivity index (χ3n) is 7.46. The molecule has 0 saturated heterocycles. The van der Waals surface area contributed by atoms with Crippen molar-refractivity contribution in [3.8, 4) is 0 Å². The Balaban J connectivity index is 1.54. The van der Waals surface area contributed by atoms with Crippen LogP contribution in [0.3, 0.4) is 0 Å². The van der Waals surface area contributed by atoms with Crippen LogP contribution in [0.5, 0.6) is 0 Å². The average molecular weight is 609 g/mol. The first kappa shape index (κ1) is 36.3. The van der Waals surface area contributed by atoms with E-state index in [1.807, 2.05) is 18.2 Å². The predicted octanol–water partition coefficient (Wildman–Crippen LogP) is 6.05. The lowest BCUT2D eigenvalue weighted by atomic mass is 10.0. The van der Waals surface area contributed by atoms with Crippen molar-refractivity contribution in [2.75, 3.05) is 26.4 Å². The van der Waals surface area contributed by atoms with E-state index in [2.05, 4.69) is 6.92 Å². The Morgan fingerprint density at radius 1 is 0.714 bits per heavy atom. The van der Waals surface area contributed by atoms with E-state index in [4.69, 9.17) is 13.8 Å². The minimum absolute atomic E-state index is 0.00222. The van der Waals surface area contributed by atoms with Crippen LogP contribution < -0.4 is 9.46 Å². The number of phosphoric ester groups is 1. The van der Waals surface area contributed by atoms with Crippen molar-refractivity contribution in [3.63, 3.8) is 0 Å². The van der Waals surface area contributed by atoms with Gasteiger partial charge in [-0.1, -0.05) is 109 Å². The molecule has 0 radical (unpaired) electrons. The third kappa shape index (κ3) is 16.7. The van der Waals surface area contributed by atoms with E-state index in [0.717, 1.165) is 36.3 Å². The maximum atomic E-state index is 12.3. The molecule has 0 spiro atoms. The molecule has 0 aromatic carbocycles. The average Bonchev–Trinajstić information content (AvgIpc) is 3.31. The van der Waals surface area contributed by atoms with Gasteiger partial charge in [0.25, 0.3) is 19.6 Å². The van der Waals surface area contributed by atoms with Crippen molar-refractivity contribution in [2.24, 2.45) is 0 Å². The highest BCUT2D eigenvalue weighted by Gasteiger charge is 2.32. The maximum Gasteiger partial charge on any atom is 0.268 e. The highest BCUT2D eigenvalue weighted by Crippen LogP contribution is 2.38. The molecule has 0 bridgehead atoms. The van der Waals surface area contributed by atoms with Crippen molar-refractivity contribution in [1.29, 1.82) is 0 Å². The molecule has 10 heteroatoms. The summed E-state index contributed by atoms with van der Waals surface area (Å²) in [5, 5.41) is 0. The van der Waals surface area contributed by atoms with Crippen LogP contribution in [0, 0.1) is 0 Å². The summed E-state index contributed by atoms with van der Waals surface area (Å²) in [5.74, 6) is -1.02. The van der Waals surface area contributed by atoms with E-state index in [1.165, 1.54) is 83.5 Å². The second-order valence-electron chi connectivity index (χ2n) is 11.1. The maximum absolute atomic E-state index is 12.3. The Morgan fingerprint density at radius 2 is 1.21 bits per heavy atom. The van der Waals surface area contributed by atoms with E-state index in [0.29, 0.717) is 13.2 Å². The second kappa shape index (κ2) is 22.6. The molecule has 2 amide bonds. The molecule has 9 nitrogen and oxygen atoms in total. The first-order chi connectivity index (χ1) is 20.4. The van der Waals surface area contributed by atoms with Crippen molar-refractivity contribution in [1.82, 2.24) is 4.90 Å².